The lowest BCUT2D eigenvalue weighted by Gasteiger charge is -2.12. The summed E-state index contributed by atoms with van der Waals surface area (Å²) in [6.07, 6.45) is 1.79. The number of benzene rings is 2. The molecule has 1 unspecified atom stereocenters. The fourth-order valence-electron chi connectivity index (χ4n) is 2.76. The number of rotatable bonds is 2. The first-order valence-corrected chi connectivity index (χ1v) is 6.76. The molecule has 2 heteroatoms. The van der Waals surface area contributed by atoms with Crippen molar-refractivity contribution < 1.29 is 9.15 Å². The Morgan fingerprint density at radius 3 is 2.30 bits per heavy atom. The van der Waals surface area contributed by atoms with Gasteiger partial charge in [-0.15, -0.1) is 0 Å². The summed E-state index contributed by atoms with van der Waals surface area (Å²) >= 11 is 0. The Morgan fingerprint density at radius 1 is 0.850 bits per heavy atom. The van der Waals surface area contributed by atoms with E-state index in [1.807, 2.05) is 42.7 Å². The second kappa shape index (κ2) is 4.66. The Bertz CT molecular complexity index is 714. The van der Waals surface area contributed by atoms with Crippen LogP contribution in [-0.2, 0) is 11.3 Å². The largest absolute Gasteiger partial charge is 0.464 e. The first-order chi connectivity index (χ1) is 9.93. The fourth-order valence-corrected chi connectivity index (χ4v) is 2.76. The van der Waals surface area contributed by atoms with Gasteiger partial charge in [0.15, 0.2) is 0 Å². The summed E-state index contributed by atoms with van der Waals surface area (Å²) in [4.78, 5) is 0. The summed E-state index contributed by atoms with van der Waals surface area (Å²) in [6, 6.07) is 20.5. The van der Waals surface area contributed by atoms with E-state index in [0.29, 0.717) is 6.61 Å². The van der Waals surface area contributed by atoms with Crippen LogP contribution < -0.4 is 0 Å². The van der Waals surface area contributed by atoms with Gasteiger partial charge in [0, 0.05) is 16.7 Å². The zero-order chi connectivity index (χ0) is 13.4. The molecule has 1 aliphatic rings. The molecule has 0 amide bonds. The van der Waals surface area contributed by atoms with Gasteiger partial charge in [-0.1, -0.05) is 60.7 Å². The van der Waals surface area contributed by atoms with Gasteiger partial charge in [-0.2, -0.15) is 0 Å². The zero-order valence-electron chi connectivity index (χ0n) is 11.0. The van der Waals surface area contributed by atoms with Crippen LogP contribution in [0.2, 0.25) is 0 Å². The first-order valence-electron chi connectivity index (χ1n) is 6.76. The van der Waals surface area contributed by atoms with Crippen molar-refractivity contribution in [2.45, 2.75) is 12.7 Å². The minimum atomic E-state index is -0.0276. The Balaban J connectivity index is 1.83. The first kappa shape index (κ1) is 11.5. The fraction of sp³-hybridized carbons (Fsp3) is 0.111. The number of furan rings is 1. The Morgan fingerprint density at radius 2 is 1.55 bits per heavy atom. The van der Waals surface area contributed by atoms with Crippen molar-refractivity contribution >= 4 is 0 Å². The molecule has 0 fully saturated rings. The molecular formula is C18H14O2. The van der Waals surface area contributed by atoms with E-state index in [1.54, 1.807) is 0 Å². The van der Waals surface area contributed by atoms with Crippen molar-refractivity contribution in [1.29, 1.82) is 0 Å². The van der Waals surface area contributed by atoms with E-state index in [1.165, 1.54) is 11.1 Å². The van der Waals surface area contributed by atoms with Crippen LogP contribution in [0, 0.1) is 0 Å². The highest BCUT2D eigenvalue weighted by molar-refractivity contribution is 5.65. The van der Waals surface area contributed by atoms with Crippen molar-refractivity contribution in [3.63, 3.8) is 0 Å². The van der Waals surface area contributed by atoms with Crippen LogP contribution in [0.4, 0.5) is 0 Å². The molecular weight excluding hydrogens is 248 g/mol. The van der Waals surface area contributed by atoms with Gasteiger partial charge in [-0.05, 0) is 5.56 Å². The minimum Gasteiger partial charge on any atom is -0.464 e. The van der Waals surface area contributed by atoms with Gasteiger partial charge < -0.3 is 9.15 Å². The smallest absolute Gasteiger partial charge is 0.140 e. The third-order valence-corrected chi connectivity index (χ3v) is 3.72. The van der Waals surface area contributed by atoms with E-state index in [9.17, 15) is 0 Å². The second-order valence-corrected chi connectivity index (χ2v) is 4.97. The minimum absolute atomic E-state index is 0.0276. The van der Waals surface area contributed by atoms with Crippen LogP contribution in [0.15, 0.2) is 71.3 Å². The maximum Gasteiger partial charge on any atom is 0.140 e. The van der Waals surface area contributed by atoms with E-state index in [2.05, 4.69) is 24.3 Å². The molecule has 0 spiro atoms. The van der Waals surface area contributed by atoms with Crippen LogP contribution in [0.1, 0.15) is 22.8 Å². The lowest BCUT2D eigenvalue weighted by molar-refractivity contribution is 0.0918. The Kier molecular flexibility index (Phi) is 2.68. The molecule has 98 valence electrons. The Hall–Kier alpha value is -2.32. The van der Waals surface area contributed by atoms with Crippen LogP contribution in [0.25, 0.3) is 11.3 Å². The highest BCUT2D eigenvalue weighted by Crippen LogP contribution is 2.42. The van der Waals surface area contributed by atoms with E-state index in [-0.39, 0.29) is 6.10 Å². The number of ether oxygens (including phenoxy) is 1. The normalized spacial score (nSPS) is 17.1. The SMILES string of the molecule is c1ccc(-c2occ3c2C(c2ccccc2)OC3)cc1. The highest BCUT2D eigenvalue weighted by Gasteiger charge is 2.31. The third kappa shape index (κ3) is 1.77. The Labute approximate surface area is 117 Å². The summed E-state index contributed by atoms with van der Waals surface area (Å²) in [5.74, 6) is 0.923. The topological polar surface area (TPSA) is 22.4 Å². The quantitative estimate of drug-likeness (QED) is 0.675. The second-order valence-electron chi connectivity index (χ2n) is 4.97. The molecule has 3 aromatic rings. The molecule has 4 rings (SSSR count). The number of fused-ring (bicyclic) bond motifs is 1. The summed E-state index contributed by atoms with van der Waals surface area (Å²) in [6.45, 7) is 0.616. The van der Waals surface area contributed by atoms with E-state index >= 15 is 0 Å². The van der Waals surface area contributed by atoms with Gasteiger partial charge in [0.1, 0.15) is 11.9 Å². The van der Waals surface area contributed by atoms with Gasteiger partial charge in [0.25, 0.3) is 0 Å². The monoisotopic (exact) mass is 262 g/mol. The zero-order valence-corrected chi connectivity index (χ0v) is 11.0. The summed E-state index contributed by atoms with van der Waals surface area (Å²) in [7, 11) is 0. The average Bonchev–Trinajstić information content (AvgIpc) is 3.10. The lowest BCUT2D eigenvalue weighted by Crippen LogP contribution is -1.99. The molecule has 0 saturated heterocycles. The van der Waals surface area contributed by atoms with Crippen molar-refractivity contribution in [1.82, 2.24) is 0 Å². The maximum absolute atomic E-state index is 5.95. The molecule has 2 nitrogen and oxygen atoms in total. The molecule has 0 bridgehead atoms. The molecule has 1 aliphatic heterocycles. The van der Waals surface area contributed by atoms with Crippen molar-refractivity contribution in [2.75, 3.05) is 0 Å². The van der Waals surface area contributed by atoms with Crippen molar-refractivity contribution in [3.8, 4) is 11.3 Å². The molecule has 1 aromatic heterocycles. The van der Waals surface area contributed by atoms with E-state index in [0.717, 1.165) is 16.9 Å². The lowest BCUT2D eigenvalue weighted by atomic mass is 9.98. The van der Waals surface area contributed by atoms with Crippen LogP contribution in [-0.4, -0.2) is 0 Å². The number of hydrogen-bond donors (Lipinski definition) is 0. The van der Waals surface area contributed by atoms with Crippen molar-refractivity contribution in [2.24, 2.45) is 0 Å². The van der Waals surface area contributed by atoms with Gasteiger partial charge in [-0.3, -0.25) is 0 Å². The van der Waals surface area contributed by atoms with Gasteiger partial charge in [-0.25, -0.2) is 0 Å². The summed E-state index contributed by atoms with van der Waals surface area (Å²) in [5, 5.41) is 0. The molecule has 2 heterocycles. The van der Waals surface area contributed by atoms with Gasteiger partial charge in [0.05, 0.1) is 12.9 Å². The molecule has 0 N–H and O–H groups in total. The standard InChI is InChI=1S/C18H14O2/c1-3-7-13(8-4-1)17-16-15(11-19-17)12-20-18(16)14-9-5-2-6-10-14/h1-11,18H,12H2. The van der Waals surface area contributed by atoms with Crippen LogP contribution >= 0.6 is 0 Å². The summed E-state index contributed by atoms with van der Waals surface area (Å²) < 4.78 is 11.7. The van der Waals surface area contributed by atoms with E-state index in [4.69, 9.17) is 9.15 Å². The molecule has 0 radical (unpaired) electrons. The third-order valence-electron chi connectivity index (χ3n) is 3.72. The highest BCUT2D eigenvalue weighted by atomic mass is 16.5. The van der Waals surface area contributed by atoms with Gasteiger partial charge in [0.2, 0.25) is 0 Å². The summed E-state index contributed by atoms with van der Waals surface area (Å²) in [5.41, 5.74) is 4.59. The van der Waals surface area contributed by atoms with Crippen LogP contribution in [0.5, 0.6) is 0 Å². The van der Waals surface area contributed by atoms with Gasteiger partial charge >= 0.3 is 0 Å². The molecule has 2 aromatic carbocycles. The predicted octanol–water partition coefficient (Wildman–Crippen LogP) is 4.57. The molecule has 1 atom stereocenters. The molecule has 0 aliphatic carbocycles. The van der Waals surface area contributed by atoms with Crippen molar-refractivity contribution in [3.05, 3.63) is 83.6 Å². The molecule has 20 heavy (non-hydrogen) atoms. The van der Waals surface area contributed by atoms with Crippen LogP contribution in [0.3, 0.4) is 0 Å². The predicted molar refractivity (Wildman–Crippen MR) is 77.2 cm³/mol. The number of hydrogen-bond acceptors (Lipinski definition) is 2. The average molecular weight is 262 g/mol. The maximum atomic E-state index is 5.95. The van der Waals surface area contributed by atoms with E-state index < -0.39 is 0 Å². The molecule has 0 saturated carbocycles.